The highest BCUT2D eigenvalue weighted by Gasteiger charge is 2.32. The van der Waals surface area contributed by atoms with Crippen molar-refractivity contribution in [2.75, 3.05) is 17.6 Å². The van der Waals surface area contributed by atoms with Crippen molar-refractivity contribution in [2.24, 2.45) is 5.73 Å². The van der Waals surface area contributed by atoms with Gasteiger partial charge < -0.3 is 21.5 Å². The minimum absolute atomic E-state index is 0.0599. The molecule has 0 bridgehead atoms. The van der Waals surface area contributed by atoms with Crippen molar-refractivity contribution < 1.29 is 22.7 Å². The van der Waals surface area contributed by atoms with E-state index < -0.39 is 23.8 Å². The Morgan fingerprint density at radius 2 is 2.10 bits per heavy atom. The molecule has 1 amide bonds. The van der Waals surface area contributed by atoms with Gasteiger partial charge in [-0.1, -0.05) is 0 Å². The van der Waals surface area contributed by atoms with E-state index in [0.29, 0.717) is 19.4 Å². The van der Waals surface area contributed by atoms with Gasteiger partial charge in [0.2, 0.25) is 0 Å². The molecule has 0 aromatic heterocycles. The van der Waals surface area contributed by atoms with Crippen LogP contribution in [-0.4, -0.2) is 24.7 Å². The number of anilines is 2. The van der Waals surface area contributed by atoms with Gasteiger partial charge in [0.05, 0.1) is 23.0 Å². The van der Waals surface area contributed by atoms with Crippen molar-refractivity contribution in [3.8, 4) is 0 Å². The quantitative estimate of drug-likeness (QED) is 0.742. The van der Waals surface area contributed by atoms with Gasteiger partial charge in [-0.05, 0) is 31.0 Å². The zero-order valence-corrected chi connectivity index (χ0v) is 11.1. The van der Waals surface area contributed by atoms with Crippen LogP contribution in [0.5, 0.6) is 0 Å². The second-order valence-corrected chi connectivity index (χ2v) is 4.85. The number of carbonyl (C=O) groups is 1. The number of hydrogen-bond donors (Lipinski definition) is 3. The number of nitrogens with two attached hydrogens (primary N) is 2. The van der Waals surface area contributed by atoms with Crippen LogP contribution in [0.4, 0.5) is 24.5 Å². The van der Waals surface area contributed by atoms with Crippen molar-refractivity contribution in [1.29, 1.82) is 0 Å². The van der Waals surface area contributed by atoms with E-state index in [1.165, 1.54) is 0 Å². The minimum Gasteiger partial charge on any atom is -0.397 e. The summed E-state index contributed by atoms with van der Waals surface area (Å²) in [5, 5.41) is 2.38. The van der Waals surface area contributed by atoms with Crippen molar-refractivity contribution >= 4 is 17.3 Å². The molecule has 0 unspecified atom stereocenters. The lowest BCUT2D eigenvalue weighted by molar-refractivity contribution is -0.137. The lowest BCUT2D eigenvalue weighted by atomic mass is 10.1. The van der Waals surface area contributed by atoms with Crippen LogP contribution in [0, 0.1) is 0 Å². The van der Waals surface area contributed by atoms with E-state index in [0.717, 1.165) is 18.2 Å². The fraction of sp³-hybridized carbons (Fsp3) is 0.462. The van der Waals surface area contributed by atoms with Gasteiger partial charge in [0.15, 0.2) is 0 Å². The van der Waals surface area contributed by atoms with Gasteiger partial charge in [-0.3, -0.25) is 4.79 Å². The number of hydrogen-bond acceptors (Lipinski definition) is 4. The van der Waals surface area contributed by atoms with Gasteiger partial charge in [0, 0.05) is 6.54 Å². The van der Waals surface area contributed by atoms with E-state index in [1.54, 1.807) is 0 Å². The van der Waals surface area contributed by atoms with E-state index in [-0.39, 0.29) is 17.5 Å². The van der Waals surface area contributed by atoms with Crippen LogP contribution in [0.1, 0.15) is 18.4 Å². The Balaban J connectivity index is 2.10. The van der Waals surface area contributed by atoms with Crippen LogP contribution in [0.25, 0.3) is 0 Å². The Morgan fingerprint density at radius 1 is 1.38 bits per heavy atom. The molecular weight excluding hydrogens is 287 g/mol. The Kier molecular flexibility index (Phi) is 4.38. The first-order valence-corrected chi connectivity index (χ1v) is 6.44. The summed E-state index contributed by atoms with van der Waals surface area (Å²) in [4.78, 5) is 12.0. The van der Waals surface area contributed by atoms with Crippen molar-refractivity contribution in [3.63, 3.8) is 0 Å². The summed E-state index contributed by atoms with van der Waals surface area (Å²) in [6.45, 7) is 0.301. The molecule has 1 aliphatic rings. The maximum absolute atomic E-state index is 12.6. The molecule has 1 aliphatic heterocycles. The molecular formula is C13H16F3N3O2. The third-order valence-corrected chi connectivity index (χ3v) is 3.30. The van der Waals surface area contributed by atoms with Crippen LogP contribution >= 0.6 is 0 Å². The number of ether oxygens (including phenoxy) is 1. The first kappa shape index (κ1) is 15.6. The third kappa shape index (κ3) is 3.64. The van der Waals surface area contributed by atoms with Gasteiger partial charge in [0.1, 0.15) is 6.10 Å². The topological polar surface area (TPSA) is 90.4 Å². The van der Waals surface area contributed by atoms with E-state index in [9.17, 15) is 18.0 Å². The maximum atomic E-state index is 12.6. The summed E-state index contributed by atoms with van der Waals surface area (Å²) in [7, 11) is 0. The van der Waals surface area contributed by atoms with Gasteiger partial charge in [0.25, 0.3) is 5.91 Å². The summed E-state index contributed by atoms with van der Waals surface area (Å²) in [5.74, 6) is -0.517. The Labute approximate surface area is 119 Å². The zero-order valence-electron chi connectivity index (χ0n) is 11.1. The fourth-order valence-corrected chi connectivity index (χ4v) is 2.13. The Morgan fingerprint density at radius 3 is 2.67 bits per heavy atom. The second-order valence-electron chi connectivity index (χ2n) is 4.85. The smallest absolute Gasteiger partial charge is 0.397 e. The highest BCUT2D eigenvalue weighted by atomic mass is 19.4. The molecule has 0 saturated carbocycles. The van der Waals surface area contributed by atoms with E-state index in [4.69, 9.17) is 16.2 Å². The number of rotatable bonds is 3. The lowest BCUT2D eigenvalue weighted by Crippen LogP contribution is -2.30. The molecule has 8 heteroatoms. The van der Waals surface area contributed by atoms with Crippen LogP contribution in [-0.2, 0) is 15.7 Å². The average Bonchev–Trinajstić information content (AvgIpc) is 2.88. The highest BCUT2D eigenvalue weighted by Crippen LogP contribution is 2.33. The van der Waals surface area contributed by atoms with E-state index >= 15 is 0 Å². The predicted molar refractivity (Wildman–Crippen MR) is 71.4 cm³/mol. The highest BCUT2D eigenvalue weighted by molar-refractivity contribution is 5.97. The molecule has 0 aliphatic carbocycles. The van der Waals surface area contributed by atoms with Crippen LogP contribution < -0.4 is 16.8 Å². The summed E-state index contributed by atoms with van der Waals surface area (Å²) in [6, 6.07) is 2.78. The van der Waals surface area contributed by atoms with Gasteiger partial charge in [-0.25, -0.2) is 0 Å². The molecule has 2 atom stereocenters. The Hall–Kier alpha value is -1.80. The minimum atomic E-state index is -4.50. The number of alkyl halides is 3. The number of benzene rings is 1. The van der Waals surface area contributed by atoms with Gasteiger partial charge in [-0.2, -0.15) is 13.2 Å². The molecule has 1 fully saturated rings. The van der Waals surface area contributed by atoms with Gasteiger partial charge >= 0.3 is 6.18 Å². The predicted octanol–water partition coefficient (Wildman–Crippen LogP) is 1.73. The molecule has 0 radical (unpaired) electrons. The Bertz CT molecular complexity index is 534. The second kappa shape index (κ2) is 5.90. The van der Waals surface area contributed by atoms with Crippen LogP contribution in [0.2, 0.25) is 0 Å². The number of amides is 1. The SMILES string of the molecule is NC[C@H]1CC[C@@H](C(=O)Nc2cc(C(F)(F)F)ccc2N)O1. The molecule has 5 N–H and O–H groups in total. The van der Waals surface area contributed by atoms with Crippen LogP contribution in [0.3, 0.4) is 0 Å². The molecule has 1 saturated heterocycles. The molecule has 2 rings (SSSR count). The summed E-state index contributed by atoms with van der Waals surface area (Å²) >= 11 is 0. The van der Waals surface area contributed by atoms with Gasteiger partial charge in [-0.15, -0.1) is 0 Å². The monoisotopic (exact) mass is 303 g/mol. The maximum Gasteiger partial charge on any atom is 0.416 e. The van der Waals surface area contributed by atoms with E-state index in [2.05, 4.69) is 5.32 Å². The van der Waals surface area contributed by atoms with Crippen LogP contribution in [0.15, 0.2) is 18.2 Å². The zero-order chi connectivity index (χ0) is 15.6. The third-order valence-electron chi connectivity index (χ3n) is 3.30. The standard InChI is InChI=1S/C13H16F3N3O2/c14-13(15,16)7-1-3-9(18)10(5-7)19-12(20)11-4-2-8(6-17)21-11/h1,3,5,8,11H,2,4,6,17-18H2,(H,19,20)/t8-,11+/m1/s1. The fourth-order valence-electron chi connectivity index (χ4n) is 2.13. The average molecular weight is 303 g/mol. The molecule has 1 aromatic rings. The lowest BCUT2D eigenvalue weighted by Gasteiger charge is -2.15. The summed E-state index contributed by atoms with van der Waals surface area (Å²) < 4.78 is 43.3. The summed E-state index contributed by atoms with van der Waals surface area (Å²) in [5.41, 5.74) is 10.1. The number of carbonyl (C=O) groups excluding carboxylic acids is 1. The number of nitrogens with one attached hydrogen (secondary N) is 1. The number of nitrogen functional groups attached to an aromatic ring is 1. The molecule has 5 nitrogen and oxygen atoms in total. The molecule has 116 valence electrons. The largest absolute Gasteiger partial charge is 0.416 e. The van der Waals surface area contributed by atoms with Crippen molar-refractivity contribution in [3.05, 3.63) is 23.8 Å². The molecule has 0 spiro atoms. The first-order chi connectivity index (χ1) is 9.81. The number of halogens is 3. The van der Waals surface area contributed by atoms with E-state index in [1.807, 2.05) is 0 Å². The molecule has 21 heavy (non-hydrogen) atoms. The van der Waals surface area contributed by atoms with Crippen molar-refractivity contribution in [2.45, 2.75) is 31.2 Å². The van der Waals surface area contributed by atoms with Crippen molar-refractivity contribution in [1.82, 2.24) is 0 Å². The first-order valence-electron chi connectivity index (χ1n) is 6.44. The molecule has 1 aromatic carbocycles. The summed E-state index contributed by atoms with van der Waals surface area (Å²) in [6.07, 6.45) is -4.28. The molecule has 1 heterocycles. The normalized spacial score (nSPS) is 22.3.